The van der Waals surface area contributed by atoms with Crippen LogP contribution in [-0.2, 0) is 7.05 Å². The highest BCUT2D eigenvalue weighted by atomic mass is 15.2. The topological polar surface area (TPSA) is 20.0 Å². The van der Waals surface area contributed by atoms with Crippen molar-refractivity contribution in [3.63, 3.8) is 0 Å². The molecule has 3 heteroatoms. The first-order valence-electron chi connectivity index (χ1n) is 3.20. The van der Waals surface area contributed by atoms with Crippen molar-refractivity contribution in [1.82, 2.24) is 4.98 Å². The number of hydrogen-bond acceptors (Lipinski definition) is 2. The van der Waals surface area contributed by atoms with E-state index in [1.807, 2.05) is 42.9 Å². The van der Waals surface area contributed by atoms with Gasteiger partial charge in [0.2, 0.25) is 0 Å². The van der Waals surface area contributed by atoms with Crippen molar-refractivity contribution in [3.8, 4) is 0 Å². The van der Waals surface area contributed by atoms with Crippen molar-refractivity contribution in [2.24, 2.45) is 7.05 Å². The lowest BCUT2D eigenvalue weighted by atomic mass is 10.6. The van der Waals surface area contributed by atoms with Crippen LogP contribution in [-0.4, -0.2) is 19.1 Å². The van der Waals surface area contributed by atoms with Crippen LogP contribution in [0.3, 0.4) is 0 Å². The summed E-state index contributed by atoms with van der Waals surface area (Å²) < 4.78 is 1.97. The summed E-state index contributed by atoms with van der Waals surface area (Å²) in [6.45, 7) is 0. The van der Waals surface area contributed by atoms with E-state index in [1.54, 1.807) is 6.20 Å². The van der Waals surface area contributed by atoms with Gasteiger partial charge in [0.15, 0.2) is 0 Å². The van der Waals surface area contributed by atoms with E-state index in [-0.39, 0.29) is 0 Å². The largest absolute Gasteiger partial charge is 0.393 e. The Morgan fingerprint density at radius 2 is 2.20 bits per heavy atom. The average Bonchev–Trinajstić information content (AvgIpc) is 1.88. The number of hydrogen-bond donors (Lipinski definition) is 0. The van der Waals surface area contributed by atoms with Gasteiger partial charge in [0.05, 0.1) is 27.3 Å². The highest BCUT2D eigenvalue weighted by Gasteiger charge is 2.07. The fourth-order valence-corrected chi connectivity index (χ4v) is 0.866. The minimum atomic E-state index is 0.961. The Bertz CT molecular complexity index is 220. The third-order valence-electron chi connectivity index (χ3n) is 1.30. The molecule has 0 radical (unpaired) electrons. The predicted molar refractivity (Wildman–Crippen MR) is 39.7 cm³/mol. The van der Waals surface area contributed by atoms with E-state index in [2.05, 4.69) is 4.98 Å². The molecule has 0 fully saturated rings. The molecule has 0 spiro atoms. The molecular formula is C7H12N3+. The minimum Gasteiger partial charge on any atom is -0.267 e. The van der Waals surface area contributed by atoms with Crippen LogP contribution in [0.15, 0.2) is 18.5 Å². The maximum Gasteiger partial charge on any atom is 0.393 e. The standard InChI is InChI=1S/C7H12N3/c1-9(2)7-8-5-4-6-10(7)3/h4-6H,1-3H3/q+1. The molecule has 1 aromatic rings. The van der Waals surface area contributed by atoms with E-state index >= 15 is 0 Å². The Morgan fingerprint density at radius 1 is 1.50 bits per heavy atom. The van der Waals surface area contributed by atoms with E-state index in [0.717, 1.165) is 5.95 Å². The summed E-state index contributed by atoms with van der Waals surface area (Å²) in [6, 6.07) is 1.91. The second-order valence-corrected chi connectivity index (χ2v) is 2.43. The van der Waals surface area contributed by atoms with Gasteiger partial charge in [-0.3, -0.25) is 4.90 Å². The molecule has 10 heavy (non-hydrogen) atoms. The molecule has 0 amide bonds. The average molecular weight is 138 g/mol. The molecule has 0 aliphatic carbocycles. The van der Waals surface area contributed by atoms with Crippen LogP contribution >= 0.6 is 0 Å². The molecule has 0 N–H and O–H groups in total. The van der Waals surface area contributed by atoms with Crippen LogP contribution in [0.25, 0.3) is 0 Å². The Morgan fingerprint density at radius 3 is 2.60 bits per heavy atom. The van der Waals surface area contributed by atoms with Gasteiger partial charge >= 0.3 is 5.95 Å². The monoisotopic (exact) mass is 138 g/mol. The maximum atomic E-state index is 4.17. The van der Waals surface area contributed by atoms with Crippen molar-refractivity contribution in [1.29, 1.82) is 0 Å². The van der Waals surface area contributed by atoms with Crippen LogP contribution in [0.5, 0.6) is 0 Å². The molecule has 0 bridgehead atoms. The number of aromatic nitrogens is 2. The lowest BCUT2D eigenvalue weighted by molar-refractivity contribution is -0.661. The van der Waals surface area contributed by atoms with Gasteiger partial charge in [-0.15, -0.1) is 0 Å². The normalized spacial score (nSPS) is 9.50. The third-order valence-corrected chi connectivity index (χ3v) is 1.30. The van der Waals surface area contributed by atoms with E-state index in [0.29, 0.717) is 0 Å². The summed E-state index contributed by atoms with van der Waals surface area (Å²) in [5.74, 6) is 0.961. The summed E-state index contributed by atoms with van der Waals surface area (Å²) >= 11 is 0. The second kappa shape index (κ2) is 2.64. The second-order valence-electron chi connectivity index (χ2n) is 2.43. The minimum absolute atomic E-state index is 0.961. The maximum absolute atomic E-state index is 4.17. The summed E-state index contributed by atoms with van der Waals surface area (Å²) in [5, 5.41) is 0. The zero-order chi connectivity index (χ0) is 7.56. The highest BCUT2D eigenvalue weighted by Crippen LogP contribution is 1.93. The first kappa shape index (κ1) is 6.99. The van der Waals surface area contributed by atoms with Gasteiger partial charge in [0.25, 0.3) is 0 Å². The fourth-order valence-electron chi connectivity index (χ4n) is 0.866. The summed E-state index contributed by atoms with van der Waals surface area (Å²) in [6.07, 6.45) is 3.76. The van der Waals surface area contributed by atoms with Crippen molar-refractivity contribution in [2.45, 2.75) is 0 Å². The van der Waals surface area contributed by atoms with Gasteiger partial charge in [-0.1, -0.05) is 4.98 Å². The van der Waals surface area contributed by atoms with Gasteiger partial charge in [-0.25, -0.2) is 4.57 Å². The number of aryl methyl sites for hydroxylation is 1. The van der Waals surface area contributed by atoms with Crippen LogP contribution < -0.4 is 9.47 Å². The number of anilines is 1. The van der Waals surface area contributed by atoms with Crippen molar-refractivity contribution < 1.29 is 4.57 Å². The Kier molecular flexibility index (Phi) is 1.85. The van der Waals surface area contributed by atoms with Gasteiger partial charge < -0.3 is 0 Å². The van der Waals surface area contributed by atoms with E-state index in [4.69, 9.17) is 0 Å². The molecule has 54 valence electrons. The van der Waals surface area contributed by atoms with Crippen LogP contribution in [0.1, 0.15) is 0 Å². The Labute approximate surface area is 60.9 Å². The van der Waals surface area contributed by atoms with E-state index in [9.17, 15) is 0 Å². The van der Waals surface area contributed by atoms with Crippen molar-refractivity contribution in [2.75, 3.05) is 19.0 Å². The molecule has 0 unspecified atom stereocenters. The van der Waals surface area contributed by atoms with Crippen LogP contribution in [0, 0.1) is 0 Å². The molecule has 0 aliphatic rings. The molecule has 0 atom stereocenters. The van der Waals surface area contributed by atoms with E-state index < -0.39 is 0 Å². The van der Waals surface area contributed by atoms with Crippen molar-refractivity contribution >= 4 is 5.95 Å². The summed E-state index contributed by atoms with van der Waals surface area (Å²) in [7, 11) is 5.92. The first-order valence-corrected chi connectivity index (χ1v) is 3.20. The van der Waals surface area contributed by atoms with Gasteiger partial charge in [0.1, 0.15) is 6.20 Å². The van der Waals surface area contributed by atoms with E-state index in [1.165, 1.54) is 0 Å². The quantitative estimate of drug-likeness (QED) is 0.508. The SMILES string of the molecule is CN(C)c1nccc[n+]1C. The molecule has 1 aromatic heterocycles. The highest BCUT2D eigenvalue weighted by molar-refractivity contribution is 5.17. The van der Waals surface area contributed by atoms with Crippen LogP contribution in [0.4, 0.5) is 5.95 Å². The fraction of sp³-hybridized carbons (Fsp3) is 0.429. The molecule has 0 saturated carbocycles. The lowest BCUT2D eigenvalue weighted by Crippen LogP contribution is -2.36. The molecule has 0 aromatic carbocycles. The first-order chi connectivity index (χ1) is 4.72. The zero-order valence-corrected chi connectivity index (χ0v) is 6.57. The molecule has 1 heterocycles. The lowest BCUT2D eigenvalue weighted by Gasteiger charge is -2.04. The summed E-state index contributed by atoms with van der Waals surface area (Å²) in [4.78, 5) is 6.14. The predicted octanol–water partition coefficient (Wildman–Crippen LogP) is -0.0279. The smallest absolute Gasteiger partial charge is 0.267 e. The zero-order valence-electron chi connectivity index (χ0n) is 6.57. The molecular weight excluding hydrogens is 126 g/mol. The summed E-state index contributed by atoms with van der Waals surface area (Å²) in [5.41, 5.74) is 0. The number of nitrogens with zero attached hydrogens (tertiary/aromatic N) is 3. The van der Waals surface area contributed by atoms with Crippen molar-refractivity contribution in [3.05, 3.63) is 18.5 Å². The molecule has 1 rings (SSSR count). The Hall–Kier alpha value is -1.12. The Balaban J connectivity index is 3.03. The third kappa shape index (κ3) is 1.23. The van der Waals surface area contributed by atoms with Gasteiger partial charge in [-0.2, -0.15) is 0 Å². The van der Waals surface area contributed by atoms with Gasteiger partial charge in [-0.05, 0) is 0 Å². The van der Waals surface area contributed by atoms with Gasteiger partial charge in [0, 0.05) is 6.07 Å². The molecule has 3 nitrogen and oxygen atoms in total. The molecule has 0 saturated heterocycles. The number of rotatable bonds is 1. The van der Waals surface area contributed by atoms with Crippen LogP contribution in [0.2, 0.25) is 0 Å². The molecule has 0 aliphatic heterocycles.